The van der Waals surface area contributed by atoms with Gasteiger partial charge in [-0.3, -0.25) is 0 Å². The molecule has 2 amide bonds. The fourth-order valence-electron chi connectivity index (χ4n) is 4.48. The number of furan rings is 1. The van der Waals surface area contributed by atoms with Crippen molar-refractivity contribution in [2.24, 2.45) is 0 Å². The van der Waals surface area contributed by atoms with Crippen LogP contribution in [0.2, 0.25) is 0 Å². The van der Waals surface area contributed by atoms with Gasteiger partial charge in [-0.15, -0.1) is 0 Å². The van der Waals surface area contributed by atoms with Gasteiger partial charge in [0.15, 0.2) is 9.92 Å². The van der Waals surface area contributed by atoms with Crippen molar-refractivity contribution >= 4 is 21.6 Å². The Morgan fingerprint density at radius 3 is 2.32 bits per heavy atom. The highest BCUT2D eigenvalue weighted by Crippen LogP contribution is 2.40. The molecule has 31 heavy (non-hydrogen) atoms. The van der Waals surface area contributed by atoms with Crippen molar-refractivity contribution in [2.45, 2.75) is 77.0 Å². The van der Waals surface area contributed by atoms with E-state index in [1.54, 1.807) is 13.0 Å². The normalized spacial score (nSPS) is 16.8. The van der Waals surface area contributed by atoms with E-state index in [2.05, 4.69) is 15.4 Å². The van der Waals surface area contributed by atoms with Gasteiger partial charge in [-0.05, 0) is 67.7 Å². The molecule has 1 aromatic carbocycles. The molecule has 0 bridgehead atoms. The van der Waals surface area contributed by atoms with Gasteiger partial charge in [0.25, 0.3) is 0 Å². The third kappa shape index (κ3) is 4.21. The number of fused-ring (bicyclic) bond motifs is 2. The highest BCUT2D eigenvalue weighted by molar-refractivity contribution is 7.91. The van der Waals surface area contributed by atoms with Gasteiger partial charge in [-0.1, -0.05) is 13.8 Å². The van der Waals surface area contributed by atoms with Crippen molar-refractivity contribution < 1.29 is 17.8 Å². The quantitative estimate of drug-likeness (QED) is 0.527. The summed E-state index contributed by atoms with van der Waals surface area (Å²) in [6, 6.07) is 1.07. The third-order valence-electron chi connectivity index (χ3n) is 6.03. The Morgan fingerprint density at radius 1 is 1.16 bits per heavy atom. The van der Waals surface area contributed by atoms with Crippen LogP contribution in [-0.2, 0) is 42.1 Å². The predicted octanol–water partition coefficient (Wildman–Crippen LogP) is 4.34. The molecule has 0 radical (unpaired) electrons. The van der Waals surface area contributed by atoms with Crippen molar-refractivity contribution in [3.63, 3.8) is 0 Å². The summed E-state index contributed by atoms with van der Waals surface area (Å²) >= 11 is 0. The number of urea groups is 1. The lowest BCUT2D eigenvalue weighted by Crippen LogP contribution is -2.34. The summed E-state index contributed by atoms with van der Waals surface area (Å²) in [5.41, 5.74) is 4.46. The third-order valence-corrected chi connectivity index (χ3v) is 7.27. The highest BCUT2D eigenvalue weighted by Gasteiger charge is 2.30. The maximum Gasteiger partial charge on any atom is 0.332 e. The smallest absolute Gasteiger partial charge is 0.332 e. The van der Waals surface area contributed by atoms with Crippen LogP contribution < -0.4 is 15.4 Å². The molecule has 9 heteroatoms. The fourth-order valence-corrected chi connectivity index (χ4v) is 5.44. The Morgan fingerprint density at radius 2 is 1.74 bits per heavy atom. The Kier molecular flexibility index (Phi) is 5.83. The average molecular weight is 449 g/mol. The van der Waals surface area contributed by atoms with E-state index in [9.17, 15) is 13.4 Å². The Bertz CT molecular complexity index is 1100. The van der Waals surface area contributed by atoms with Crippen molar-refractivity contribution in [3.05, 3.63) is 45.5 Å². The summed E-state index contributed by atoms with van der Waals surface area (Å²) in [5, 5.41) is 5.95. The second-order valence-corrected chi connectivity index (χ2v) is 10.3. The molecule has 7 nitrogen and oxygen atoms in total. The summed E-state index contributed by atoms with van der Waals surface area (Å²) in [4.78, 5) is 12.7. The SMILES string of the molecule is Cc1oc([S@](=N)(=O)NC(=O)Nc2c3c(c(F)c4c2CCC4)CCC3)cc1CNC(C)C. The summed E-state index contributed by atoms with van der Waals surface area (Å²) in [6.07, 6.45) is 4.43. The number of aryl methyl sites for hydroxylation is 1. The van der Waals surface area contributed by atoms with E-state index in [4.69, 9.17) is 9.20 Å². The van der Waals surface area contributed by atoms with Crippen molar-refractivity contribution in [1.82, 2.24) is 10.0 Å². The van der Waals surface area contributed by atoms with Crippen LogP contribution >= 0.6 is 0 Å². The molecule has 2 aromatic rings. The molecule has 1 aromatic heterocycles. The van der Waals surface area contributed by atoms with Crippen LogP contribution in [0.25, 0.3) is 0 Å². The first-order valence-electron chi connectivity index (χ1n) is 10.7. The zero-order valence-electron chi connectivity index (χ0n) is 18.1. The maximum absolute atomic E-state index is 14.8. The predicted molar refractivity (Wildman–Crippen MR) is 117 cm³/mol. The van der Waals surface area contributed by atoms with Crippen LogP contribution in [0, 0.1) is 17.5 Å². The Labute approximate surface area is 182 Å². The molecule has 2 aliphatic rings. The standard InChI is InChI=1S/C22H29FN4O3S/c1-12(2)25-11-14-10-19(30-13(14)3)31(24,29)27-22(28)26-21-17-8-4-6-15(17)20(23)16-7-5-9-18(16)21/h10,12,25H,4-9,11H2,1-3H3,(H3,24,26,27,28,29)/t31-/m1/s1. The van der Waals surface area contributed by atoms with Gasteiger partial charge < -0.3 is 15.1 Å². The van der Waals surface area contributed by atoms with Crippen molar-refractivity contribution in [3.8, 4) is 0 Å². The zero-order valence-corrected chi connectivity index (χ0v) is 18.9. The van der Waals surface area contributed by atoms with Gasteiger partial charge in [0, 0.05) is 29.9 Å². The van der Waals surface area contributed by atoms with E-state index in [0.717, 1.165) is 29.5 Å². The van der Waals surface area contributed by atoms with Gasteiger partial charge in [-0.2, -0.15) is 0 Å². The number of halogens is 1. The number of benzene rings is 1. The number of nitrogens with one attached hydrogen (secondary N) is 4. The topological polar surface area (TPSA) is 107 Å². The van der Waals surface area contributed by atoms with E-state index < -0.39 is 15.9 Å². The molecule has 1 heterocycles. The summed E-state index contributed by atoms with van der Waals surface area (Å²) < 4.78 is 43.8. The first-order chi connectivity index (χ1) is 14.7. The molecule has 0 aliphatic heterocycles. The fraction of sp³-hybridized carbons (Fsp3) is 0.500. The summed E-state index contributed by atoms with van der Waals surface area (Å²) in [6.45, 7) is 6.28. The molecule has 0 saturated carbocycles. The molecule has 0 unspecified atom stereocenters. The van der Waals surface area contributed by atoms with Gasteiger partial charge in [0.1, 0.15) is 11.6 Å². The molecule has 0 saturated heterocycles. The first-order valence-corrected chi connectivity index (χ1v) is 12.3. The number of amides is 2. The van der Waals surface area contributed by atoms with Crippen LogP contribution in [0.1, 0.15) is 60.3 Å². The minimum Gasteiger partial charge on any atom is -0.449 e. The number of carbonyl (C=O) groups is 1. The van der Waals surface area contributed by atoms with E-state index in [0.29, 0.717) is 54.8 Å². The van der Waals surface area contributed by atoms with Crippen LogP contribution in [0.3, 0.4) is 0 Å². The van der Waals surface area contributed by atoms with Crippen LogP contribution in [0.4, 0.5) is 14.9 Å². The lowest BCUT2D eigenvalue weighted by atomic mass is 9.98. The van der Waals surface area contributed by atoms with Gasteiger partial charge in [0.05, 0.1) is 0 Å². The highest BCUT2D eigenvalue weighted by atomic mass is 32.2. The van der Waals surface area contributed by atoms with Crippen LogP contribution in [0.15, 0.2) is 15.6 Å². The molecular formula is C22H29FN4O3S. The molecule has 168 valence electrons. The molecule has 4 rings (SSSR count). The Hall–Kier alpha value is -2.39. The number of carbonyl (C=O) groups excluding carboxylic acids is 1. The minimum absolute atomic E-state index is 0.0877. The van der Waals surface area contributed by atoms with Gasteiger partial charge in [0.2, 0.25) is 5.09 Å². The maximum atomic E-state index is 14.8. The van der Waals surface area contributed by atoms with E-state index >= 15 is 0 Å². The van der Waals surface area contributed by atoms with E-state index in [1.807, 2.05) is 13.8 Å². The largest absolute Gasteiger partial charge is 0.449 e. The number of rotatable bonds is 6. The van der Waals surface area contributed by atoms with Gasteiger partial charge >= 0.3 is 6.03 Å². The number of anilines is 1. The molecular weight excluding hydrogens is 419 g/mol. The zero-order chi connectivity index (χ0) is 22.3. The average Bonchev–Trinajstić information content (AvgIpc) is 3.42. The number of hydrogen-bond acceptors (Lipinski definition) is 5. The lowest BCUT2D eigenvalue weighted by Gasteiger charge is -2.17. The minimum atomic E-state index is -3.69. The van der Waals surface area contributed by atoms with E-state index in [1.165, 1.54) is 0 Å². The van der Waals surface area contributed by atoms with Crippen LogP contribution in [0.5, 0.6) is 0 Å². The summed E-state index contributed by atoms with van der Waals surface area (Å²) in [7, 11) is -3.69. The van der Waals surface area contributed by atoms with Crippen LogP contribution in [-0.4, -0.2) is 16.3 Å². The first kappa shape index (κ1) is 21.8. The monoisotopic (exact) mass is 448 g/mol. The van der Waals surface area contributed by atoms with Crippen molar-refractivity contribution in [2.75, 3.05) is 5.32 Å². The molecule has 0 fully saturated rings. The van der Waals surface area contributed by atoms with Crippen molar-refractivity contribution in [1.29, 1.82) is 4.78 Å². The Balaban J connectivity index is 1.54. The summed E-state index contributed by atoms with van der Waals surface area (Å²) in [5.74, 6) is 0.434. The number of hydrogen-bond donors (Lipinski definition) is 4. The van der Waals surface area contributed by atoms with E-state index in [-0.39, 0.29) is 17.0 Å². The molecule has 4 N–H and O–H groups in total. The molecule has 2 aliphatic carbocycles. The van der Waals surface area contributed by atoms with Gasteiger partial charge in [-0.25, -0.2) is 22.9 Å². The second-order valence-electron chi connectivity index (χ2n) is 8.61. The molecule has 1 atom stereocenters. The lowest BCUT2D eigenvalue weighted by molar-refractivity contribution is 0.256. The second kappa shape index (κ2) is 8.27. The molecule has 0 spiro atoms.